The Balaban J connectivity index is 2.35. The van der Waals surface area contributed by atoms with Crippen molar-refractivity contribution in [2.75, 3.05) is 0 Å². The van der Waals surface area contributed by atoms with Crippen molar-refractivity contribution in [3.8, 4) is 0 Å². The quantitative estimate of drug-likeness (QED) is 0.567. The Morgan fingerprint density at radius 1 is 1.09 bits per heavy atom. The predicted molar refractivity (Wildman–Crippen MR) is 130 cm³/mol. The lowest BCUT2D eigenvalue weighted by molar-refractivity contribution is -0.143. The van der Waals surface area contributed by atoms with Gasteiger partial charge in [-0.15, -0.1) is 0 Å². The van der Waals surface area contributed by atoms with Crippen LogP contribution in [0.4, 0.5) is 4.79 Å². The second-order valence-electron chi connectivity index (χ2n) is 10.3. The number of carbonyl (C=O) groups is 3. The zero-order chi connectivity index (χ0) is 24.9. The molecule has 0 spiro atoms. The third kappa shape index (κ3) is 7.76. The number of nitrogens with zero attached hydrogens (tertiary/aromatic N) is 1. The number of nitrogens with one attached hydrogen (secondary N) is 2. The van der Waals surface area contributed by atoms with Gasteiger partial charge in [0.25, 0.3) is 0 Å². The van der Waals surface area contributed by atoms with Gasteiger partial charge in [-0.3, -0.25) is 9.59 Å². The molecule has 2 rings (SSSR count). The van der Waals surface area contributed by atoms with E-state index in [2.05, 4.69) is 17.6 Å². The van der Waals surface area contributed by atoms with E-state index in [1.165, 1.54) is 0 Å². The maximum Gasteiger partial charge on any atom is 0.408 e. The number of hydrogen-bond donors (Lipinski definition) is 2. The highest BCUT2D eigenvalue weighted by molar-refractivity contribution is 5.92. The number of amides is 3. The Kier molecular flexibility index (Phi) is 8.92. The van der Waals surface area contributed by atoms with Gasteiger partial charge in [0.1, 0.15) is 17.7 Å². The highest BCUT2D eigenvalue weighted by atomic mass is 16.6. The van der Waals surface area contributed by atoms with Gasteiger partial charge >= 0.3 is 6.09 Å². The Bertz CT molecular complexity index is 858. The van der Waals surface area contributed by atoms with E-state index in [0.717, 1.165) is 42.4 Å². The van der Waals surface area contributed by atoms with E-state index in [4.69, 9.17) is 4.74 Å². The highest BCUT2D eigenvalue weighted by Gasteiger charge is 2.43. The van der Waals surface area contributed by atoms with Gasteiger partial charge in [-0.1, -0.05) is 31.5 Å². The second-order valence-corrected chi connectivity index (χ2v) is 10.3. The van der Waals surface area contributed by atoms with Gasteiger partial charge in [0.2, 0.25) is 11.8 Å². The number of rotatable bonds is 9. The average molecular weight is 460 g/mol. The largest absolute Gasteiger partial charge is 0.444 e. The number of alkyl carbamates (subject to hydrolysis) is 1. The first-order chi connectivity index (χ1) is 15.3. The van der Waals surface area contributed by atoms with Crippen molar-refractivity contribution in [2.45, 2.75) is 111 Å². The second kappa shape index (κ2) is 11.0. The van der Waals surface area contributed by atoms with Crippen molar-refractivity contribution in [3.05, 3.63) is 34.9 Å². The summed E-state index contributed by atoms with van der Waals surface area (Å²) in [6.45, 7) is 15.0. The van der Waals surface area contributed by atoms with E-state index in [1.54, 1.807) is 32.6 Å². The molecule has 1 fully saturated rings. The van der Waals surface area contributed by atoms with Crippen LogP contribution in [0.1, 0.15) is 90.0 Å². The van der Waals surface area contributed by atoms with Gasteiger partial charge in [-0.2, -0.15) is 0 Å². The Morgan fingerprint density at radius 3 is 2.24 bits per heavy atom. The fourth-order valence-electron chi connectivity index (χ4n) is 3.84. The van der Waals surface area contributed by atoms with Crippen molar-refractivity contribution >= 4 is 17.9 Å². The zero-order valence-electron chi connectivity index (χ0n) is 21.5. The van der Waals surface area contributed by atoms with Gasteiger partial charge in [0.15, 0.2) is 0 Å². The van der Waals surface area contributed by atoms with Crippen molar-refractivity contribution in [1.82, 2.24) is 15.5 Å². The molecule has 184 valence electrons. The van der Waals surface area contributed by atoms with Gasteiger partial charge in [-0.25, -0.2) is 4.79 Å². The molecule has 33 heavy (non-hydrogen) atoms. The maximum absolute atomic E-state index is 13.6. The molecule has 7 nitrogen and oxygen atoms in total. The molecule has 3 atom stereocenters. The SMILES string of the molecule is CCCC(C)NC(=O)C(c1ccc(C)c(C)c1)N(C(=O)C(C)NC(=O)OC(C)(C)C)C1CC1. The summed E-state index contributed by atoms with van der Waals surface area (Å²) in [5.74, 6) is -0.478. The Labute approximate surface area is 198 Å². The van der Waals surface area contributed by atoms with Crippen LogP contribution < -0.4 is 10.6 Å². The molecule has 2 N–H and O–H groups in total. The van der Waals surface area contributed by atoms with E-state index in [1.807, 2.05) is 39.0 Å². The molecule has 1 aromatic rings. The third-order valence-corrected chi connectivity index (χ3v) is 5.78. The molecule has 0 radical (unpaired) electrons. The first kappa shape index (κ1) is 26.7. The van der Waals surface area contributed by atoms with E-state index < -0.39 is 23.8 Å². The van der Waals surface area contributed by atoms with Crippen molar-refractivity contribution in [1.29, 1.82) is 0 Å². The standard InChI is InChI=1S/C26H41N3O4/c1-9-10-18(4)27-23(30)22(20-12-11-16(2)17(3)15-20)29(21-13-14-21)24(31)19(5)28-25(32)33-26(6,7)8/h11-12,15,18-19,21-22H,9-10,13-14H2,1-8H3,(H,27,30)(H,28,32). The molecule has 0 bridgehead atoms. The number of hydrogen-bond acceptors (Lipinski definition) is 4. The van der Waals surface area contributed by atoms with Crippen molar-refractivity contribution in [2.24, 2.45) is 0 Å². The highest BCUT2D eigenvalue weighted by Crippen LogP contribution is 2.36. The third-order valence-electron chi connectivity index (χ3n) is 5.78. The number of benzene rings is 1. The molecule has 0 aromatic heterocycles. The lowest BCUT2D eigenvalue weighted by atomic mass is 9.98. The van der Waals surface area contributed by atoms with Gasteiger partial charge in [0, 0.05) is 12.1 Å². The number of ether oxygens (including phenoxy) is 1. The first-order valence-electron chi connectivity index (χ1n) is 12.0. The summed E-state index contributed by atoms with van der Waals surface area (Å²) in [7, 11) is 0. The predicted octanol–water partition coefficient (Wildman–Crippen LogP) is 4.55. The molecular weight excluding hydrogens is 418 g/mol. The molecule has 3 unspecified atom stereocenters. The van der Waals surface area contributed by atoms with Crippen LogP contribution in [-0.2, 0) is 14.3 Å². The minimum absolute atomic E-state index is 0.00464. The summed E-state index contributed by atoms with van der Waals surface area (Å²) in [6.07, 6.45) is 2.84. The molecular formula is C26H41N3O4. The van der Waals surface area contributed by atoms with Crippen LogP contribution in [0.5, 0.6) is 0 Å². The van der Waals surface area contributed by atoms with E-state index in [0.29, 0.717) is 0 Å². The van der Waals surface area contributed by atoms with Crippen LogP contribution in [0, 0.1) is 13.8 Å². The maximum atomic E-state index is 13.6. The molecule has 0 saturated heterocycles. The van der Waals surface area contributed by atoms with Crippen LogP contribution >= 0.6 is 0 Å². The topological polar surface area (TPSA) is 87.7 Å². The minimum Gasteiger partial charge on any atom is -0.444 e. The molecule has 1 aromatic carbocycles. The summed E-state index contributed by atoms with van der Waals surface area (Å²) >= 11 is 0. The van der Waals surface area contributed by atoms with Crippen LogP contribution in [0.3, 0.4) is 0 Å². The van der Waals surface area contributed by atoms with Gasteiger partial charge < -0.3 is 20.3 Å². The molecule has 7 heteroatoms. The lowest BCUT2D eigenvalue weighted by Gasteiger charge is -2.34. The van der Waals surface area contributed by atoms with E-state index >= 15 is 0 Å². The number of aryl methyl sites for hydroxylation is 2. The minimum atomic E-state index is -0.824. The summed E-state index contributed by atoms with van der Waals surface area (Å²) in [6, 6.07) is 4.29. The lowest BCUT2D eigenvalue weighted by Crippen LogP contribution is -2.53. The monoisotopic (exact) mass is 459 g/mol. The van der Waals surface area contributed by atoms with Crippen LogP contribution in [0.2, 0.25) is 0 Å². The van der Waals surface area contributed by atoms with E-state index in [9.17, 15) is 14.4 Å². The van der Waals surface area contributed by atoms with Gasteiger partial charge in [-0.05, 0) is 84.4 Å². The summed E-state index contributed by atoms with van der Waals surface area (Å²) in [5.41, 5.74) is 2.31. The van der Waals surface area contributed by atoms with Crippen LogP contribution in [0.25, 0.3) is 0 Å². The number of carbonyl (C=O) groups excluding carboxylic acids is 3. The zero-order valence-corrected chi connectivity index (χ0v) is 21.5. The van der Waals surface area contributed by atoms with E-state index in [-0.39, 0.29) is 23.9 Å². The fourth-order valence-corrected chi connectivity index (χ4v) is 3.84. The normalized spacial score (nSPS) is 16.4. The van der Waals surface area contributed by atoms with Crippen LogP contribution in [0.15, 0.2) is 18.2 Å². The molecule has 3 amide bonds. The Morgan fingerprint density at radius 2 is 1.73 bits per heavy atom. The van der Waals surface area contributed by atoms with Crippen LogP contribution in [-0.4, -0.2) is 46.5 Å². The Hall–Kier alpha value is -2.57. The summed E-state index contributed by atoms with van der Waals surface area (Å²) < 4.78 is 5.32. The molecule has 1 aliphatic carbocycles. The van der Waals surface area contributed by atoms with Crippen molar-refractivity contribution in [3.63, 3.8) is 0 Å². The summed E-state index contributed by atoms with van der Waals surface area (Å²) in [4.78, 5) is 41.0. The molecule has 0 aliphatic heterocycles. The van der Waals surface area contributed by atoms with Gasteiger partial charge in [0.05, 0.1) is 0 Å². The molecule has 1 aliphatic rings. The smallest absolute Gasteiger partial charge is 0.408 e. The summed E-state index contributed by atoms with van der Waals surface area (Å²) in [5, 5.41) is 5.74. The fraction of sp³-hybridized carbons (Fsp3) is 0.654. The van der Waals surface area contributed by atoms with Crippen molar-refractivity contribution < 1.29 is 19.1 Å². The first-order valence-corrected chi connectivity index (χ1v) is 12.0. The molecule has 1 saturated carbocycles. The average Bonchev–Trinajstić information content (AvgIpc) is 3.51. The molecule has 0 heterocycles.